The van der Waals surface area contributed by atoms with Gasteiger partial charge in [-0.2, -0.15) is 0 Å². The van der Waals surface area contributed by atoms with E-state index in [-0.39, 0.29) is 12.1 Å². The summed E-state index contributed by atoms with van der Waals surface area (Å²) in [5.41, 5.74) is 0.779. The van der Waals surface area contributed by atoms with E-state index < -0.39 is 5.60 Å². The van der Waals surface area contributed by atoms with Crippen LogP contribution in [0.5, 0.6) is 0 Å². The van der Waals surface area contributed by atoms with Crippen molar-refractivity contribution in [2.45, 2.75) is 45.9 Å². The standard InChI is InChI=1S/C13H21BrN2O2S/c1-9(16-12(17)18-13(2,3)4)6-15-7-10-5-11(14)19-8-10/h5,8-9,15H,6-7H2,1-4H3,(H,16,17). The van der Waals surface area contributed by atoms with Crippen molar-refractivity contribution in [3.05, 3.63) is 20.8 Å². The molecule has 1 unspecified atom stereocenters. The maximum Gasteiger partial charge on any atom is 0.407 e. The highest BCUT2D eigenvalue weighted by Gasteiger charge is 2.17. The fraction of sp³-hybridized carbons (Fsp3) is 0.615. The predicted molar refractivity (Wildman–Crippen MR) is 82.6 cm³/mol. The van der Waals surface area contributed by atoms with Gasteiger partial charge in [-0.05, 0) is 60.6 Å². The predicted octanol–water partition coefficient (Wildman–Crippen LogP) is 3.51. The summed E-state index contributed by atoms with van der Waals surface area (Å²) in [5.74, 6) is 0. The van der Waals surface area contributed by atoms with Gasteiger partial charge in [-0.15, -0.1) is 11.3 Å². The third-order valence-corrected chi connectivity index (χ3v) is 3.72. The van der Waals surface area contributed by atoms with Gasteiger partial charge < -0.3 is 15.4 Å². The lowest BCUT2D eigenvalue weighted by Crippen LogP contribution is -2.42. The molecule has 0 spiro atoms. The molecular formula is C13H21BrN2O2S. The van der Waals surface area contributed by atoms with Crippen molar-refractivity contribution in [1.82, 2.24) is 10.6 Å². The Kier molecular flexibility index (Phi) is 6.29. The largest absolute Gasteiger partial charge is 0.444 e. The first-order valence-electron chi connectivity index (χ1n) is 6.19. The molecule has 0 aromatic carbocycles. The van der Waals surface area contributed by atoms with Gasteiger partial charge in [0.1, 0.15) is 5.60 Å². The molecule has 0 fully saturated rings. The molecule has 1 aromatic heterocycles. The van der Waals surface area contributed by atoms with E-state index in [4.69, 9.17) is 4.74 Å². The zero-order chi connectivity index (χ0) is 14.5. The highest BCUT2D eigenvalue weighted by Crippen LogP contribution is 2.20. The Balaban J connectivity index is 2.21. The number of thiophene rings is 1. The number of amides is 1. The van der Waals surface area contributed by atoms with Gasteiger partial charge in [0.15, 0.2) is 0 Å². The second-order valence-corrected chi connectivity index (χ2v) is 7.73. The van der Waals surface area contributed by atoms with Crippen molar-refractivity contribution in [3.63, 3.8) is 0 Å². The lowest BCUT2D eigenvalue weighted by atomic mass is 10.2. The van der Waals surface area contributed by atoms with Crippen molar-refractivity contribution >= 4 is 33.4 Å². The van der Waals surface area contributed by atoms with E-state index in [0.29, 0.717) is 6.54 Å². The van der Waals surface area contributed by atoms with E-state index >= 15 is 0 Å². The highest BCUT2D eigenvalue weighted by molar-refractivity contribution is 9.11. The number of halogens is 1. The summed E-state index contributed by atoms with van der Waals surface area (Å²) in [6, 6.07) is 2.11. The van der Waals surface area contributed by atoms with Crippen LogP contribution < -0.4 is 10.6 Å². The Morgan fingerprint density at radius 2 is 2.21 bits per heavy atom. The van der Waals surface area contributed by atoms with E-state index in [1.807, 2.05) is 27.7 Å². The zero-order valence-corrected chi connectivity index (χ0v) is 14.2. The van der Waals surface area contributed by atoms with Gasteiger partial charge >= 0.3 is 6.09 Å². The van der Waals surface area contributed by atoms with Crippen LogP contribution in [0.1, 0.15) is 33.3 Å². The number of carbonyl (C=O) groups excluding carboxylic acids is 1. The Morgan fingerprint density at radius 3 is 2.74 bits per heavy atom. The summed E-state index contributed by atoms with van der Waals surface area (Å²) in [4.78, 5) is 11.5. The van der Waals surface area contributed by atoms with Crippen molar-refractivity contribution < 1.29 is 9.53 Å². The molecule has 0 saturated heterocycles. The molecule has 6 heteroatoms. The summed E-state index contributed by atoms with van der Waals surface area (Å²) in [5, 5.41) is 8.20. The summed E-state index contributed by atoms with van der Waals surface area (Å²) in [6.45, 7) is 8.99. The van der Waals surface area contributed by atoms with E-state index in [0.717, 1.165) is 10.3 Å². The van der Waals surface area contributed by atoms with Gasteiger partial charge in [0.2, 0.25) is 0 Å². The molecule has 1 amide bonds. The Labute approximate surface area is 127 Å². The van der Waals surface area contributed by atoms with Crippen LogP contribution >= 0.6 is 27.3 Å². The molecule has 2 N–H and O–H groups in total. The van der Waals surface area contributed by atoms with E-state index in [1.54, 1.807) is 11.3 Å². The van der Waals surface area contributed by atoms with Crippen LogP contribution in [0.25, 0.3) is 0 Å². The van der Waals surface area contributed by atoms with Crippen LogP contribution in [0.15, 0.2) is 15.2 Å². The SMILES string of the molecule is CC(CNCc1csc(Br)c1)NC(=O)OC(C)(C)C. The molecule has 0 aliphatic rings. The number of hydrogen-bond acceptors (Lipinski definition) is 4. The summed E-state index contributed by atoms with van der Waals surface area (Å²) >= 11 is 5.10. The first-order chi connectivity index (χ1) is 8.76. The van der Waals surface area contributed by atoms with Crippen molar-refractivity contribution in [2.75, 3.05) is 6.54 Å². The number of rotatable bonds is 5. The van der Waals surface area contributed by atoms with E-state index in [9.17, 15) is 4.79 Å². The minimum absolute atomic E-state index is 0.0249. The molecule has 1 atom stereocenters. The Bertz CT molecular complexity index is 415. The summed E-state index contributed by atoms with van der Waals surface area (Å²) in [6.07, 6.45) is -0.375. The normalized spacial score (nSPS) is 13.1. The first kappa shape index (κ1) is 16.5. The molecule has 19 heavy (non-hydrogen) atoms. The monoisotopic (exact) mass is 348 g/mol. The number of nitrogens with one attached hydrogen (secondary N) is 2. The van der Waals surface area contributed by atoms with Gasteiger partial charge in [-0.3, -0.25) is 0 Å². The molecule has 0 radical (unpaired) electrons. The molecule has 0 aliphatic carbocycles. The summed E-state index contributed by atoms with van der Waals surface area (Å²) < 4.78 is 6.32. The van der Waals surface area contributed by atoms with Crippen LogP contribution in [-0.4, -0.2) is 24.3 Å². The topological polar surface area (TPSA) is 50.4 Å². The maximum absolute atomic E-state index is 11.5. The van der Waals surface area contributed by atoms with Crippen LogP contribution in [0.4, 0.5) is 4.79 Å². The lowest BCUT2D eigenvalue weighted by molar-refractivity contribution is 0.0508. The van der Waals surface area contributed by atoms with Crippen LogP contribution in [-0.2, 0) is 11.3 Å². The third-order valence-electron chi connectivity index (χ3n) is 2.16. The summed E-state index contributed by atoms with van der Waals surface area (Å²) in [7, 11) is 0. The molecule has 108 valence electrons. The number of ether oxygens (including phenoxy) is 1. The molecule has 0 saturated carbocycles. The van der Waals surface area contributed by atoms with Gasteiger partial charge in [-0.25, -0.2) is 4.79 Å². The third kappa shape index (κ3) is 7.54. The van der Waals surface area contributed by atoms with Gasteiger partial charge in [-0.1, -0.05) is 0 Å². The van der Waals surface area contributed by atoms with Crippen molar-refractivity contribution in [3.8, 4) is 0 Å². The minimum Gasteiger partial charge on any atom is -0.444 e. The maximum atomic E-state index is 11.5. The van der Waals surface area contributed by atoms with Gasteiger partial charge in [0, 0.05) is 19.1 Å². The zero-order valence-electron chi connectivity index (χ0n) is 11.7. The van der Waals surface area contributed by atoms with Gasteiger partial charge in [0.05, 0.1) is 3.79 Å². The lowest BCUT2D eigenvalue weighted by Gasteiger charge is -2.22. The fourth-order valence-electron chi connectivity index (χ4n) is 1.43. The Morgan fingerprint density at radius 1 is 1.53 bits per heavy atom. The van der Waals surface area contributed by atoms with Gasteiger partial charge in [0.25, 0.3) is 0 Å². The van der Waals surface area contributed by atoms with Crippen LogP contribution in [0.3, 0.4) is 0 Å². The molecule has 1 aromatic rings. The van der Waals surface area contributed by atoms with Crippen LogP contribution in [0, 0.1) is 0 Å². The Hall–Kier alpha value is -0.590. The number of hydrogen-bond donors (Lipinski definition) is 2. The van der Waals surface area contributed by atoms with E-state index in [2.05, 4.69) is 38.0 Å². The molecule has 1 rings (SSSR count). The first-order valence-corrected chi connectivity index (χ1v) is 7.86. The molecule has 4 nitrogen and oxygen atoms in total. The molecule has 0 aliphatic heterocycles. The number of carbonyl (C=O) groups is 1. The quantitative estimate of drug-likeness (QED) is 0.855. The smallest absolute Gasteiger partial charge is 0.407 e. The number of alkyl carbamates (subject to hydrolysis) is 1. The second-order valence-electron chi connectivity index (χ2n) is 5.44. The van der Waals surface area contributed by atoms with Crippen molar-refractivity contribution in [1.29, 1.82) is 0 Å². The van der Waals surface area contributed by atoms with Crippen molar-refractivity contribution in [2.24, 2.45) is 0 Å². The average molecular weight is 349 g/mol. The fourth-order valence-corrected chi connectivity index (χ4v) is 2.64. The second kappa shape index (κ2) is 7.26. The molecule has 0 bridgehead atoms. The average Bonchev–Trinajstić information content (AvgIpc) is 2.60. The van der Waals surface area contributed by atoms with Crippen LogP contribution in [0.2, 0.25) is 0 Å². The molecular weight excluding hydrogens is 328 g/mol. The minimum atomic E-state index is -0.458. The van der Waals surface area contributed by atoms with E-state index in [1.165, 1.54) is 5.56 Å². The molecule has 1 heterocycles. The highest BCUT2D eigenvalue weighted by atomic mass is 79.9.